The molecule has 0 saturated carbocycles. The molecular formula is C16H20N2O3. The first-order valence-corrected chi connectivity index (χ1v) is 6.95. The van der Waals surface area contributed by atoms with E-state index in [9.17, 15) is 4.79 Å². The van der Waals surface area contributed by atoms with E-state index in [1.54, 1.807) is 12.3 Å². The normalized spacial score (nSPS) is 10.5. The molecule has 0 atom stereocenters. The van der Waals surface area contributed by atoms with Crippen LogP contribution in [0, 0.1) is 0 Å². The van der Waals surface area contributed by atoms with Gasteiger partial charge in [0.05, 0.1) is 12.7 Å². The predicted octanol–water partition coefficient (Wildman–Crippen LogP) is 2.13. The molecule has 1 amide bonds. The summed E-state index contributed by atoms with van der Waals surface area (Å²) in [6.07, 6.45) is 2.73. The molecule has 21 heavy (non-hydrogen) atoms. The van der Waals surface area contributed by atoms with Crippen molar-refractivity contribution >= 4 is 11.6 Å². The summed E-state index contributed by atoms with van der Waals surface area (Å²) in [5.41, 5.74) is 7.26. The van der Waals surface area contributed by atoms with Crippen LogP contribution in [-0.4, -0.2) is 19.1 Å². The Kier molecular flexibility index (Phi) is 5.84. The maximum Gasteiger partial charge on any atom is 0.224 e. The number of nitrogens with one attached hydrogen (secondary N) is 1. The molecule has 1 heterocycles. The Hall–Kier alpha value is -2.27. The van der Waals surface area contributed by atoms with Crippen molar-refractivity contribution in [2.75, 3.05) is 18.9 Å². The van der Waals surface area contributed by atoms with Crippen molar-refractivity contribution < 1.29 is 13.9 Å². The van der Waals surface area contributed by atoms with Gasteiger partial charge < -0.3 is 20.2 Å². The summed E-state index contributed by atoms with van der Waals surface area (Å²) in [5, 5.41) is 2.86. The van der Waals surface area contributed by atoms with Crippen LogP contribution in [0.2, 0.25) is 0 Å². The van der Waals surface area contributed by atoms with E-state index in [0.717, 1.165) is 17.7 Å². The number of anilines is 1. The number of nitrogens with two attached hydrogens (primary N) is 1. The minimum Gasteiger partial charge on any atom is -0.467 e. The van der Waals surface area contributed by atoms with E-state index < -0.39 is 0 Å². The molecule has 0 unspecified atom stereocenters. The fourth-order valence-corrected chi connectivity index (χ4v) is 1.92. The second kappa shape index (κ2) is 8.11. The molecule has 1 aromatic heterocycles. The van der Waals surface area contributed by atoms with Crippen molar-refractivity contribution in [2.24, 2.45) is 0 Å². The number of nitrogen functional groups attached to an aromatic ring is 1. The summed E-state index contributed by atoms with van der Waals surface area (Å²) >= 11 is 0. The minimum atomic E-state index is -0.00775. The first-order valence-electron chi connectivity index (χ1n) is 6.95. The lowest BCUT2D eigenvalue weighted by molar-refractivity contribution is -0.120. The van der Waals surface area contributed by atoms with Gasteiger partial charge >= 0.3 is 0 Å². The SMILES string of the molecule is Nc1cccc(CC(=O)NCCCOCc2ccco2)c1. The van der Waals surface area contributed by atoms with Crippen LogP contribution in [0.5, 0.6) is 0 Å². The molecule has 0 saturated heterocycles. The van der Waals surface area contributed by atoms with Crippen molar-refractivity contribution in [3.8, 4) is 0 Å². The average molecular weight is 288 g/mol. The van der Waals surface area contributed by atoms with Crippen LogP contribution >= 0.6 is 0 Å². The van der Waals surface area contributed by atoms with E-state index >= 15 is 0 Å². The zero-order valence-corrected chi connectivity index (χ0v) is 11.9. The number of benzene rings is 1. The molecule has 2 rings (SSSR count). The lowest BCUT2D eigenvalue weighted by atomic mass is 10.1. The number of carbonyl (C=O) groups excluding carboxylic acids is 1. The van der Waals surface area contributed by atoms with Gasteiger partial charge in [-0.2, -0.15) is 0 Å². The number of rotatable bonds is 8. The molecule has 5 nitrogen and oxygen atoms in total. The monoisotopic (exact) mass is 288 g/mol. The summed E-state index contributed by atoms with van der Waals surface area (Å²) in [4.78, 5) is 11.7. The molecule has 0 bridgehead atoms. The van der Waals surface area contributed by atoms with Crippen molar-refractivity contribution in [1.29, 1.82) is 0 Å². The number of hydrogen-bond donors (Lipinski definition) is 2. The molecule has 2 aromatic rings. The van der Waals surface area contributed by atoms with Gasteiger partial charge in [0.2, 0.25) is 5.91 Å². The van der Waals surface area contributed by atoms with Gasteiger partial charge in [-0.1, -0.05) is 12.1 Å². The maximum atomic E-state index is 11.7. The van der Waals surface area contributed by atoms with Gasteiger partial charge in [0.15, 0.2) is 0 Å². The van der Waals surface area contributed by atoms with E-state index in [1.165, 1.54) is 0 Å². The second-order valence-corrected chi connectivity index (χ2v) is 4.76. The van der Waals surface area contributed by atoms with E-state index in [4.69, 9.17) is 14.9 Å². The van der Waals surface area contributed by atoms with E-state index in [-0.39, 0.29) is 5.91 Å². The third kappa shape index (κ3) is 5.71. The van der Waals surface area contributed by atoms with Crippen LogP contribution in [0.25, 0.3) is 0 Å². The summed E-state index contributed by atoms with van der Waals surface area (Å²) in [6, 6.07) is 11.1. The van der Waals surface area contributed by atoms with E-state index in [0.29, 0.717) is 31.9 Å². The highest BCUT2D eigenvalue weighted by Gasteiger charge is 2.03. The standard InChI is InChI=1S/C16H20N2O3/c17-14-5-1-4-13(10-14)11-16(19)18-7-3-8-20-12-15-6-2-9-21-15/h1-2,4-6,9-10H,3,7-8,11-12,17H2,(H,18,19). The summed E-state index contributed by atoms with van der Waals surface area (Å²) in [7, 11) is 0. The smallest absolute Gasteiger partial charge is 0.224 e. The molecule has 0 aliphatic heterocycles. The number of ether oxygens (including phenoxy) is 1. The fraction of sp³-hybridized carbons (Fsp3) is 0.312. The minimum absolute atomic E-state index is 0.00775. The van der Waals surface area contributed by atoms with Gasteiger partial charge in [0, 0.05) is 18.8 Å². The van der Waals surface area contributed by atoms with Crippen molar-refractivity contribution in [2.45, 2.75) is 19.4 Å². The molecule has 0 aliphatic rings. The number of amides is 1. The number of carbonyl (C=O) groups is 1. The van der Waals surface area contributed by atoms with Gasteiger partial charge in [-0.05, 0) is 36.2 Å². The Labute approximate surface area is 124 Å². The number of hydrogen-bond acceptors (Lipinski definition) is 4. The van der Waals surface area contributed by atoms with Gasteiger partial charge in [-0.15, -0.1) is 0 Å². The Morgan fingerprint density at radius 1 is 1.29 bits per heavy atom. The van der Waals surface area contributed by atoms with Crippen molar-refractivity contribution in [1.82, 2.24) is 5.32 Å². The number of furan rings is 1. The fourth-order valence-electron chi connectivity index (χ4n) is 1.92. The average Bonchev–Trinajstić information content (AvgIpc) is 2.96. The molecule has 112 valence electrons. The molecule has 3 N–H and O–H groups in total. The Morgan fingerprint density at radius 3 is 2.95 bits per heavy atom. The van der Waals surface area contributed by atoms with Crippen LogP contribution < -0.4 is 11.1 Å². The highest BCUT2D eigenvalue weighted by molar-refractivity contribution is 5.78. The highest BCUT2D eigenvalue weighted by Crippen LogP contribution is 2.07. The lowest BCUT2D eigenvalue weighted by Crippen LogP contribution is -2.26. The molecule has 0 aliphatic carbocycles. The van der Waals surface area contributed by atoms with Crippen LogP contribution in [0.15, 0.2) is 47.1 Å². The van der Waals surface area contributed by atoms with Crippen molar-refractivity contribution in [3.05, 3.63) is 54.0 Å². The summed E-state index contributed by atoms with van der Waals surface area (Å²) in [5.74, 6) is 0.798. The third-order valence-electron chi connectivity index (χ3n) is 2.93. The topological polar surface area (TPSA) is 77.5 Å². The second-order valence-electron chi connectivity index (χ2n) is 4.76. The zero-order chi connectivity index (χ0) is 14.9. The molecule has 5 heteroatoms. The Bertz CT molecular complexity index is 552. The van der Waals surface area contributed by atoms with Crippen LogP contribution in [0.4, 0.5) is 5.69 Å². The predicted molar refractivity (Wildman–Crippen MR) is 80.5 cm³/mol. The van der Waals surface area contributed by atoms with Gasteiger partial charge in [-0.3, -0.25) is 4.79 Å². The first kappa shape index (κ1) is 15.1. The summed E-state index contributed by atoms with van der Waals surface area (Å²) < 4.78 is 10.6. The van der Waals surface area contributed by atoms with Crippen LogP contribution in [-0.2, 0) is 22.6 Å². The molecule has 0 fully saturated rings. The first-order chi connectivity index (χ1) is 10.2. The van der Waals surface area contributed by atoms with Crippen LogP contribution in [0.3, 0.4) is 0 Å². The van der Waals surface area contributed by atoms with E-state index in [2.05, 4.69) is 5.32 Å². The highest BCUT2D eigenvalue weighted by atomic mass is 16.5. The largest absolute Gasteiger partial charge is 0.467 e. The third-order valence-corrected chi connectivity index (χ3v) is 2.93. The van der Waals surface area contributed by atoms with Gasteiger partial charge in [-0.25, -0.2) is 0 Å². The molecule has 0 radical (unpaired) electrons. The van der Waals surface area contributed by atoms with Gasteiger partial charge in [0.1, 0.15) is 12.4 Å². The van der Waals surface area contributed by atoms with Gasteiger partial charge in [0.25, 0.3) is 0 Å². The molecular weight excluding hydrogens is 268 g/mol. The van der Waals surface area contributed by atoms with Crippen molar-refractivity contribution in [3.63, 3.8) is 0 Å². The lowest BCUT2D eigenvalue weighted by Gasteiger charge is -2.06. The molecule has 0 spiro atoms. The Balaban J connectivity index is 1.55. The summed E-state index contributed by atoms with van der Waals surface area (Å²) in [6.45, 7) is 1.64. The maximum absolute atomic E-state index is 11.7. The molecule has 1 aromatic carbocycles. The van der Waals surface area contributed by atoms with Crippen LogP contribution in [0.1, 0.15) is 17.7 Å². The van der Waals surface area contributed by atoms with E-state index in [1.807, 2.05) is 30.3 Å². The quantitative estimate of drug-likeness (QED) is 0.576. The zero-order valence-electron chi connectivity index (χ0n) is 11.9. The Morgan fingerprint density at radius 2 is 2.19 bits per heavy atom.